The van der Waals surface area contributed by atoms with Crippen molar-refractivity contribution in [3.8, 4) is 0 Å². The van der Waals surface area contributed by atoms with Crippen LogP contribution in [0.3, 0.4) is 0 Å². The lowest BCUT2D eigenvalue weighted by molar-refractivity contribution is 0.149. The zero-order valence-electron chi connectivity index (χ0n) is 6.90. The van der Waals surface area contributed by atoms with E-state index >= 15 is 0 Å². The fourth-order valence-electron chi connectivity index (χ4n) is 0.692. The summed E-state index contributed by atoms with van der Waals surface area (Å²) < 4.78 is 5.29. The van der Waals surface area contributed by atoms with Gasteiger partial charge < -0.3 is 4.74 Å². The zero-order chi connectivity index (χ0) is 9.40. The molecule has 0 bridgehead atoms. The highest BCUT2D eigenvalue weighted by Crippen LogP contribution is 1.93. The molecule has 0 radical (unpaired) electrons. The van der Waals surface area contributed by atoms with Gasteiger partial charge in [-0.15, -0.1) is 13.2 Å². The quantitative estimate of drug-likeness (QED) is 0.306. The highest BCUT2D eigenvalue weighted by atomic mass is 32.1. The van der Waals surface area contributed by atoms with E-state index in [1.807, 2.05) is 4.90 Å². The lowest BCUT2D eigenvalue weighted by atomic mass is 10.5. The molecule has 0 spiro atoms. The fourth-order valence-corrected chi connectivity index (χ4v) is 0.802. The first-order valence-electron chi connectivity index (χ1n) is 3.50. The molecule has 68 valence electrons. The van der Waals surface area contributed by atoms with Crippen molar-refractivity contribution in [1.82, 2.24) is 4.90 Å². The molecule has 0 aliphatic heterocycles. The van der Waals surface area contributed by atoms with Crippen LogP contribution in [0.15, 0.2) is 25.3 Å². The van der Waals surface area contributed by atoms with Crippen molar-refractivity contribution in [2.75, 3.05) is 19.8 Å². The molecule has 0 rings (SSSR count). The molecule has 0 atom stereocenters. The Morgan fingerprint density at radius 3 is 2.25 bits per heavy atom. The minimum absolute atomic E-state index is 0.258. The first-order valence-corrected chi connectivity index (χ1v) is 4.36. The molecule has 0 aromatic heterocycles. The van der Waals surface area contributed by atoms with Gasteiger partial charge in [-0.3, -0.25) is 4.90 Å². The Morgan fingerprint density at radius 2 is 1.92 bits per heavy atom. The van der Waals surface area contributed by atoms with Gasteiger partial charge in [0.2, 0.25) is 4.38 Å². The normalized spacial score (nSPS) is 9.50. The van der Waals surface area contributed by atoms with Gasteiger partial charge in [0.05, 0.1) is 0 Å². The molecule has 0 aromatic rings. The van der Waals surface area contributed by atoms with Crippen LogP contribution in [0.2, 0.25) is 0 Å². The molecule has 4 heteroatoms. The van der Waals surface area contributed by atoms with Crippen LogP contribution in [0.25, 0.3) is 0 Å². The SMILES string of the molecule is C=CCN(CC=C)COC(=S)S. The van der Waals surface area contributed by atoms with Gasteiger partial charge in [-0.1, -0.05) is 24.8 Å². The van der Waals surface area contributed by atoms with Crippen molar-refractivity contribution < 1.29 is 4.74 Å². The average Bonchev–Trinajstić information content (AvgIpc) is 2.01. The number of rotatable bonds is 6. The summed E-state index contributed by atoms with van der Waals surface area (Å²) >= 11 is 8.49. The number of hydrogen-bond acceptors (Lipinski definition) is 3. The van der Waals surface area contributed by atoms with Gasteiger partial charge in [-0.2, -0.15) is 0 Å². The third-order valence-corrected chi connectivity index (χ3v) is 1.39. The topological polar surface area (TPSA) is 12.5 Å². The summed E-state index contributed by atoms with van der Waals surface area (Å²) in [5.41, 5.74) is 0. The minimum Gasteiger partial charge on any atom is -0.463 e. The lowest BCUT2D eigenvalue weighted by Gasteiger charge is -2.17. The van der Waals surface area contributed by atoms with Gasteiger partial charge in [-0.05, 0) is 12.2 Å². The summed E-state index contributed by atoms with van der Waals surface area (Å²) in [4.78, 5) is 1.99. The second-order valence-corrected chi connectivity index (χ2v) is 3.23. The zero-order valence-corrected chi connectivity index (χ0v) is 8.61. The summed E-state index contributed by atoms with van der Waals surface area (Å²) in [5, 5.41) is 0. The molecule has 12 heavy (non-hydrogen) atoms. The van der Waals surface area contributed by atoms with E-state index in [-0.39, 0.29) is 4.38 Å². The van der Waals surface area contributed by atoms with Crippen LogP contribution in [0.4, 0.5) is 0 Å². The number of ether oxygens (including phenoxy) is 1. The molecular weight excluding hydrogens is 190 g/mol. The van der Waals surface area contributed by atoms with E-state index in [4.69, 9.17) is 4.74 Å². The van der Waals surface area contributed by atoms with Crippen molar-refractivity contribution in [3.63, 3.8) is 0 Å². The Labute approximate surface area is 84.3 Å². The van der Waals surface area contributed by atoms with Crippen LogP contribution >= 0.6 is 24.8 Å². The summed E-state index contributed by atoms with van der Waals surface area (Å²) in [5.74, 6) is 0. The van der Waals surface area contributed by atoms with E-state index in [1.165, 1.54) is 0 Å². The predicted molar refractivity (Wildman–Crippen MR) is 59.5 cm³/mol. The summed E-state index contributed by atoms with van der Waals surface area (Å²) in [6.45, 7) is 9.19. The van der Waals surface area contributed by atoms with Crippen LogP contribution in [-0.4, -0.2) is 29.1 Å². The number of thiol groups is 1. The van der Waals surface area contributed by atoms with E-state index in [0.29, 0.717) is 6.73 Å². The Bertz CT molecular complexity index is 160. The Kier molecular flexibility index (Phi) is 7.14. The van der Waals surface area contributed by atoms with E-state index < -0.39 is 0 Å². The largest absolute Gasteiger partial charge is 0.463 e. The maximum atomic E-state index is 5.04. The van der Waals surface area contributed by atoms with Crippen molar-refractivity contribution in [1.29, 1.82) is 0 Å². The van der Waals surface area contributed by atoms with Gasteiger partial charge >= 0.3 is 0 Å². The predicted octanol–water partition coefficient (Wildman–Crippen LogP) is 1.85. The van der Waals surface area contributed by atoms with E-state index in [0.717, 1.165) is 13.1 Å². The third-order valence-electron chi connectivity index (χ3n) is 1.15. The van der Waals surface area contributed by atoms with Crippen LogP contribution in [0.1, 0.15) is 0 Å². The standard InChI is InChI=1S/C8H13NOS2/c1-3-5-9(6-4-2)7-10-8(11)12/h3-4H,1-2,5-7H2,(H,11,12). The molecule has 0 heterocycles. The first-order chi connectivity index (χ1) is 5.70. The monoisotopic (exact) mass is 203 g/mol. The van der Waals surface area contributed by atoms with E-state index in [9.17, 15) is 0 Å². The summed E-state index contributed by atoms with van der Waals surface area (Å²) in [6.07, 6.45) is 3.60. The van der Waals surface area contributed by atoms with Crippen molar-refractivity contribution >= 4 is 29.2 Å². The minimum atomic E-state index is 0.258. The fraction of sp³-hybridized carbons (Fsp3) is 0.375. The maximum Gasteiger partial charge on any atom is 0.218 e. The Hall–Kier alpha value is -0.320. The van der Waals surface area contributed by atoms with E-state index in [1.54, 1.807) is 12.2 Å². The molecule has 0 saturated heterocycles. The van der Waals surface area contributed by atoms with Gasteiger partial charge in [0.25, 0.3) is 0 Å². The third kappa shape index (κ3) is 6.39. The van der Waals surface area contributed by atoms with E-state index in [2.05, 4.69) is 38.0 Å². The van der Waals surface area contributed by atoms with Crippen LogP contribution < -0.4 is 0 Å². The Balaban J connectivity index is 3.68. The Morgan fingerprint density at radius 1 is 1.42 bits per heavy atom. The summed E-state index contributed by atoms with van der Waals surface area (Å²) in [6, 6.07) is 0. The molecule has 0 saturated carbocycles. The average molecular weight is 203 g/mol. The number of nitrogens with zero attached hydrogens (tertiary/aromatic N) is 1. The molecule has 0 aliphatic carbocycles. The number of hydrogen-bond donors (Lipinski definition) is 1. The molecule has 0 fully saturated rings. The van der Waals surface area contributed by atoms with Crippen LogP contribution in [-0.2, 0) is 4.74 Å². The highest BCUT2D eigenvalue weighted by Gasteiger charge is 2.00. The number of thiocarbonyl (C=S) groups is 1. The van der Waals surface area contributed by atoms with Gasteiger partial charge in [-0.25, -0.2) is 0 Å². The van der Waals surface area contributed by atoms with Crippen molar-refractivity contribution in [3.05, 3.63) is 25.3 Å². The van der Waals surface area contributed by atoms with Crippen molar-refractivity contribution in [2.45, 2.75) is 0 Å². The molecule has 2 nitrogen and oxygen atoms in total. The highest BCUT2D eigenvalue weighted by molar-refractivity contribution is 8.10. The second-order valence-electron chi connectivity index (χ2n) is 2.15. The van der Waals surface area contributed by atoms with Gasteiger partial charge in [0, 0.05) is 13.1 Å². The lowest BCUT2D eigenvalue weighted by Crippen LogP contribution is -2.27. The van der Waals surface area contributed by atoms with Crippen LogP contribution in [0.5, 0.6) is 0 Å². The molecule has 0 aromatic carbocycles. The second kappa shape index (κ2) is 7.34. The first kappa shape index (κ1) is 11.7. The van der Waals surface area contributed by atoms with Crippen LogP contribution in [0, 0.1) is 0 Å². The van der Waals surface area contributed by atoms with Crippen molar-refractivity contribution in [2.24, 2.45) is 0 Å². The van der Waals surface area contributed by atoms with Gasteiger partial charge in [0.15, 0.2) is 0 Å². The molecular formula is C8H13NOS2. The molecule has 0 N–H and O–H groups in total. The molecule has 0 unspecified atom stereocenters. The van der Waals surface area contributed by atoms with Gasteiger partial charge in [0.1, 0.15) is 6.73 Å². The summed E-state index contributed by atoms with van der Waals surface area (Å²) in [7, 11) is 0. The maximum absolute atomic E-state index is 5.04. The molecule has 0 aliphatic rings. The molecule has 0 amide bonds. The smallest absolute Gasteiger partial charge is 0.218 e.